The van der Waals surface area contributed by atoms with Crippen LogP contribution in [0.4, 0.5) is 0 Å². The van der Waals surface area contributed by atoms with Gasteiger partial charge in [-0.15, -0.1) is 21.5 Å². The summed E-state index contributed by atoms with van der Waals surface area (Å²) in [6.45, 7) is 2.33. The van der Waals surface area contributed by atoms with Gasteiger partial charge in [0.15, 0.2) is 5.16 Å². The number of nitrogens with zero attached hydrogens (tertiary/aromatic N) is 3. The van der Waals surface area contributed by atoms with E-state index in [2.05, 4.69) is 32.3 Å². The minimum absolute atomic E-state index is 0.0881. The highest BCUT2D eigenvalue weighted by atomic mass is 32.2. The van der Waals surface area contributed by atoms with Crippen LogP contribution in [0.15, 0.2) is 29.0 Å². The third-order valence-electron chi connectivity index (χ3n) is 3.42. The number of aliphatic hydroxyl groups excluding tert-OH is 1. The molecule has 0 saturated carbocycles. The van der Waals surface area contributed by atoms with Crippen molar-refractivity contribution in [3.05, 3.63) is 28.7 Å². The Morgan fingerprint density at radius 3 is 3.05 bits per heavy atom. The van der Waals surface area contributed by atoms with Crippen LogP contribution in [0.3, 0.4) is 0 Å². The molecule has 0 radical (unpaired) electrons. The fourth-order valence-corrected chi connectivity index (χ4v) is 3.82. The van der Waals surface area contributed by atoms with Crippen molar-refractivity contribution in [3.63, 3.8) is 0 Å². The molecule has 0 aromatic carbocycles. The number of rotatable bonds is 7. The average Bonchev–Trinajstić information content (AvgIpc) is 3.07. The molecule has 1 N–H and O–H groups in total. The molecule has 5 nitrogen and oxygen atoms in total. The summed E-state index contributed by atoms with van der Waals surface area (Å²) in [6, 6.07) is 4.22. The van der Waals surface area contributed by atoms with E-state index in [1.807, 2.05) is 0 Å². The van der Waals surface area contributed by atoms with Gasteiger partial charge in [-0.05, 0) is 17.9 Å². The third-order valence-corrected chi connectivity index (χ3v) is 5.69. The molecule has 0 bridgehead atoms. The SMILES string of the molecule is OCC1(CSc2nncn2CCc2cccs2)COC1. The van der Waals surface area contributed by atoms with Gasteiger partial charge in [-0.2, -0.15) is 0 Å². The van der Waals surface area contributed by atoms with E-state index in [0.29, 0.717) is 13.2 Å². The van der Waals surface area contributed by atoms with Crippen molar-refractivity contribution < 1.29 is 9.84 Å². The van der Waals surface area contributed by atoms with Gasteiger partial charge in [0.05, 0.1) is 19.8 Å². The number of ether oxygens (including phenoxy) is 1. The van der Waals surface area contributed by atoms with Crippen molar-refractivity contribution in [1.29, 1.82) is 0 Å². The molecule has 1 saturated heterocycles. The Labute approximate surface area is 126 Å². The first-order valence-corrected chi connectivity index (χ1v) is 8.39. The zero-order valence-corrected chi connectivity index (χ0v) is 12.7. The Kier molecular flexibility index (Phi) is 4.40. The maximum absolute atomic E-state index is 9.43. The molecular weight excluding hydrogens is 294 g/mol. The second kappa shape index (κ2) is 6.26. The van der Waals surface area contributed by atoms with Gasteiger partial charge in [0.25, 0.3) is 0 Å². The molecule has 1 aliphatic heterocycles. The van der Waals surface area contributed by atoms with E-state index in [0.717, 1.165) is 23.9 Å². The lowest BCUT2D eigenvalue weighted by atomic mass is 9.90. The van der Waals surface area contributed by atoms with Crippen LogP contribution in [0.1, 0.15) is 4.88 Å². The Balaban J connectivity index is 1.56. The topological polar surface area (TPSA) is 60.2 Å². The van der Waals surface area contributed by atoms with Gasteiger partial charge < -0.3 is 14.4 Å². The molecule has 1 aliphatic rings. The molecule has 0 amide bonds. The van der Waals surface area contributed by atoms with E-state index in [9.17, 15) is 5.11 Å². The van der Waals surface area contributed by atoms with Crippen LogP contribution in [0.2, 0.25) is 0 Å². The molecule has 0 aliphatic carbocycles. The average molecular weight is 311 g/mol. The van der Waals surface area contributed by atoms with E-state index in [1.165, 1.54) is 4.88 Å². The maximum atomic E-state index is 9.43. The highest BCUT2D eigenvalue weighted by molar-refractivity contribution is 7.99. The Morgan fingerprint density at radius 1 is 1.50 bits per heavy atom. The molecule has 0 atom stereocenters. The van der Waals surface area contributed by atoms with Gasteiger partial charge in [0.1, 0.15) is 6.33 Å². The predicted molar refractivity (Wildman–Crippen MR) is 79.1 cm³/mol. The number of hydrogen-bond acceptors (Lipinski definition) is 6. The quantitative estimate of drug-likeness (QED) is 0.789. The summed E-state index contributed by atoms with van der Waals surface area (Å²) in [7, 11) is 0. The summed E-state index contributed by atoms with van der Waals surface area (Å²) in [6.07, 6.45) is 2.77. The fourth-order valence-electron chi connectivity index (χ4n) is 2.02. The summed E-state index contributed by atoms with van der Waals surface area (Å²) in [5.41, 5.74) is -0.0881. The van der Waals surface area contributed by atoms with Crippen molar-refractivity contribution in [2.75, 3.05) is 25.6 Å². The van der Waals surface area contributed by atoms with Gasteiger partial charge in [-0.3, -0.25) is 0 Å². The number of aryl methyl sites for hydroxylation is 2. The number of thiophene rings is 1. The van der Waals surface area contributed by atoms with Gasteiger partial charge in [0, 0.05) is 22.6 Å². The molecule has 108 valence electrons. The van der Waals surface area contributed by atoms with Crippen LogP contribution >= 0.6 is 23.1 Å². The maximum Gasteiger partial charge on any atom is 0.191 e. The highest BCUT2D eigenvalue weighted by Crippen LogP contribution is 2.33. The first kappa shape index (κ1) is 14.1. The van der Waals surface area contributed by atoms with E-state index in [1.54, 1.807) is 29.4 Å². The van der Waals surface area contributed by atoms with E-state index in [4.69, 9.17) is 4.74 Å². The van der Waals surface area contributed by atoms with Crippen molar-refractivity contribution in [1.82, 2.24) is 14.8 Å². The number of thioether (sulfide) groups is 1. The number of aromatic nitrogens is 3. The zero-order valence-electron chi connectivity index (χ0n) is 11.1. The minimum Gasteiger partial charge on any atom is -0.396 e. The molecule has 7 heteroatoms. The zero-order chi connectivity index (χ0) is 13.8. The van der Waals surface area contributed by atoms with Crippen molar-refractivity contribution >= 4 is 23.1 Å². The lowest BCUT2D eigenvalue weighted by molar-refractivity contribution is -0.121. The Hall–Kier alpha value is -0.890. The monoisotopic (exact) mass is 311 g/mol. The fraction of sp³-hybridized carbons (Fsp3) is 0.538. The molecule has 3 rings (SSSR count). The standard InChI is InChI=1S/C13H17N3O2S2/c17-6-13(7-18-8-13)9-20-12-15-14-10-16(12)4-3-11-2-1-5-19-11/h1-2,5,10,17H,3-4,6-9H2. The minimum atomic E-state index is -0.0881. The molecular formula is C13H17N3O2S2. The van der Waals surface area contributed by atoms with Crippen molar-refractivity contribution in [3.8, 4) is 0 Å². The van der Waals surface area contributed by atoms with Crippen LogP contribution in [-0.4, -0.2) is 45.4 Å². The number of hydrogen-bond donors (Lipinski definition) is 1. The molecule has 0 unspecified atom stereocenters. The highest BCUT2D eigenvalue weighted by Gasteiger charge is 2.38. The van der Waals surface area contributed by atoms with Gasteiger partial charge in [0.2, 0.25) is 0 Å². The summed E-state index contributed by atoms with van der Waals surface area (Å²) >= 11 is 3.43. The lowest BCUT2D eigenvalue weighted by Crippen LogP contribution is -2.47. The number of aliphatic hydroxyl groups is 1. The predicted octanol–water partition coefficient (Wildman–Crippen LogP) is 1.68. The van der Waals surface area contributed by atoms with Crippen LogP contribution in [0, 0.1) is 5.41 Å². The first-order valence-electron chi connectivity index (χ1n) is 6.53. The molecule has 2 aromatic heterocycles. The summed E-state index contributed by atoms with van der Waals surface area (Å²) < 4.78 is 7.29. The molecule has 3 heterocycles. The smallest absolute Gasteiger partial charge is 0.191 e. The molecule has 1 fully saturated rings. The summed E-state index contributed by atoms with van der Waals surface area (Å²) in [4.78, 5) is 1.37. The van der Waals surface area contributed by atoms with Crippen molar-refractivity contribution in [2.45, 2.75) is 18.1 Å². The Morgan fingerprint density at radius 2 is 2.40 bits per heavy atom. The van der Waals surface area contributed by atoms with Crippen LogP contribution < -0.4 is 0 Å². The van der Waals surface area contributed by atoms with Gasteiger partial charge >= 0.3 is 0 Å². The normalized spacial score (nSPS) is 17.1. The summed E-state index contributed by atoms with van der Waals surface area (Å²) in [5, 5.41) is 20.6. The van der Waals surface area contributed by atoms with Gasteiger partial charge in [-0.1, -0.05) is 17.8 Å². The van der Waals surface area contributed by atoms with Crippen LogP contribution in [-0.2, 0) is 17.7 Å². The molecule has 2 aromatic rings. The lowest BCUT2D eigenvalue weighted by Gasteiger charge is -2.39. The Bertz CT molecular complexity index is 532. The first-order chi connectivity index (χ1) is 9.81. The van der Waals surface area contributed by atoms with E-state index in [-0.39, 0.29) is 12.0 Å². The van der Waals surface area contributed by atoms with Crippen LogP contribution in [0.25, 0.3) is 0 Å². The summed E-state index contributed by atoms with van der Waals surface area (Å²) in [5.74, 6) is 0.821. The third kappa shape index (κ3) is 3.06. The van der Waals surface area contributed by atoms with Crippen LogP contribution in [0.5, 0.6) is 0 Å². The van der Waals surface area contributed by atoms with Crippen molar-refractivity contribution in [2.24, 2.45) is 5.41 Å². The van der Waals surface area contributed by atoms with Gasteiger partial charge in [-0.25, -0.2) is 0 Å². The second-order valence-corrected chi connectivity index (χ2v) is 7.05. The largest absolute Gasteiger partial charge is 0.396 e. The van der Waals surface area contributed by atoms with E-state index < -0.39 is 0 Å². The second-order valence-electron chi connectivity index (χ2n) is 5.08. The van der Waals surface area contributed by atoms with E-state index >= 15 is 0 Å². The molecule has 0 spiro atoms. The molecule has 20 heavy (non-hydrogen) atoms.